The van der Waals surface area contributed by atoms with Gasteiger partial charge < -0.3 is 19.7 Å². The fourth-order valence-electron chi connectivity index (χ4n) is 3.72. The highest BCUT2D eigenvalue weighted by atomic mass is 32.2. The molecule has 0 spiro atoms. The molecule has 1 atom stereocenters. The Morgan fingerprint density at radius 2 is 1.71 bits per heavy atom. The minimum atomic E-state index is 0.307. The zero-order valence-corrected chi connectivity index (χ0v) is 20.6. The largest absolute Gasteiger partial charge is 0.508 e. The molecule has 0 aromatic heterocycles. The lowest BCUT2D eigenvalue weighted by Gasteiger charge is -2.15. The molecule has 5 rings (SSSR count). The number of hydrogen-bond donors (Lipinski definition) is 2. The van der Waals surface area contributed by atoms with Gasteiger partial charge in [0.1, 0.15) is 29.6 Å². The van der Waals surface area contributed by atoms with Crippen LogP contribution >= 0.6 is 11.8 Å². The molecule has 6 heteroatoms. The van der Waals surface area contributed by atoms with Crippen molar-refractivity contribution in [3.8, 4) is 23.0 Å². The van der Waals surface area contributed by atoms with Gasteiger partial charge in [0.25, 0.3) is 0 Å². The monoisotopic (exact) mass is 481 g/mol. The summed E-state index contributed by atoms with van der Waals surface area (Å²) in [7, 11) is 0. The molecule has 3 aromatic carbocycles. The first-order chi connectivity index (χ1) is 16.6. The Bertz CT molecular complexity index is 955. The van der Waals surface area contributed by atoms with Gasteiger partial charge in [0.05, 0.1) is 11.5 Å². The van der Waals surface area contributed by atoms with E-state index in [1.54, 1.807) is 54.2 Å². The Kier molecular flexibility index (Phi) is 10.9. The molecule has 5 nitrogen and oxygen atoms in total. The smallest absolute Gasteiger partial charge is 0.133 e. The molecule has 0 bridgehead atoms. The molecule has 0 amide bonds. The number of aromatic hydroxyl groups is 2. The number of fused-ring (bicyclic) bond motifs is 1. The zero-order valence-electron chi connectivity index (χ0n) is 19.8. The van der Waals surface area contributed by atoms with Crippen LogP contribution in [0.3, 0.4) is 0 Å². The van der Waals surface area contributed by atoms with Crippen molar-refractivity contribution in [3.05, 3.63) is 78.9 Å². The zero-order chi connectivity index (χ0) is 24.0. The van der Waals surface area contributed by atoms with Crippen molar-refractivity contribution >= 4 is 11.8 Å². The van der Waals surface area contributed by atoms with Crippen LogP contribution in [0.5, 0.6) is 23.0 Å². The van der Waals surface area contributed by atoms with Crippen LogP contribution in [0.15, 0.2) is 83.8 Å². The third kappa shape index (κ3) is 9.20. The van der Waals surface area contributed by atoms with Crippen LogP contribution in [0.1, 0.15) is 19.8 Å². The highest BCUT2D eigenvalue weighted by molar-refractivity contribution is 7.99. The van der Waals surface area contributed by atoms with Gasteiger partial charge in [-0.2, -0.15) is 0 Å². The van der Waals surface area contributed by atoms with E-state index in [0.29, 0.717) is 11.5 Å². The predicted molar refractivity (Wildman–Crippen MR) is 139 cm³/mol. The van der Waals surface area contributed by atoms with Crippen LogP contribution in [0.25, 0.3) is 0 Å². The van der Waals surface area contributed by atoms with Gasteiger partial charge in [-0.25, -0.2) is 0 Å². The van der Waals surface area contributed by atoms with E-state index in [1.807, 2.05) is 36.4 Å². The summed E-state index contributed by atoms with van der Waals surface area (Å²) >= 11 is 1.72. The molecule has 0 aliphatic carbocycles. The summed E-state index contributed by atoms with van der Waals surface area (Å²) in [5.74, 6) is 4.38. The highest BCUT2D eigenvalue weighted by Crippen LogP contribution is 2.35. The van der Waals surface area contributed by atoms with Crippen LogP contribution in [-0.4, -0.2) is 53.7 Å². The van der Waals surface area contributed by atoms with E-state index >= 15 is 0 Å². The maximum Gasteiger partial charge on any atom is 0.133 e. The van der Waals surface area contributed by atoms with Crippen LogP contribution < -0.4 is 9.47 Å². The lowest BCUT2D eigenvalue weighted by Crippen LogP contribution is -2.26. The van der Waals surface area contributed by atoms with Crippen molar-refractivity contribution in [2.24, 2.45) is 5.92 Å². The van der Waals surface area contributed by atoms with Gasteiger partial charge in [-0.05, 0) is 61.3 Å². The van der Waals surface area contributed by atoms with E-state index in [0.717, 1.165) is 47.8 Å². The van der Waals surface area contributed by atoms with Crippen molar-refractivity contribution in [2.75, 3.05) is 38.6 Å². The fourth-order valence-corrected chi connectivity index (χ4v) is 4.58. The number of phenolic OH excluding ortho intramolecular Hbond substituents is 2. The van der Waals surface area contributed by atoms with E-state index in [4.69, 9.17) is 19.7 Å². The number of ether oxygens (including phenoxy) is 2. The fraction of sp³-hybridized carbons (Fsp3) is 0.357. The van der Waals surface area contributed by atoms with Gasteiger partial charge in [0.2, 0.25) is 0 Å². The molecule has 34 heavy (non-hydrogen) atoms. The number of thioether (sulfide) groups is 1. The molecule has 0 unspecified atom stereocenters. The molecule has 0 radical (unpaired) electrons. The summed E-state index contributed by atoms with van der Waals surface area (Å²) in [4.78, 5) is 3.55. The Balaban J connectivity index is 0.000000155. The van der Waals surface area contributed by atoms with E-state index in [1.165, 1.54) is 25.9 Å². The second-order valence-corrected chi connectivity index (χ2v) is 9.33. The molecule has 0 saturated carbocycles. The highest BCUT2D eigenvalue weighted by Gasteiger charge is 2.20. The molecule has 1 fully saturated rings. The second kappa shape index (κ2) is 14.4. The van der Waals surface area contributed by atoms with Crippen molar-refractivity contribution in [3.63, 3.8) is 0 Å². The van der Waals surface area contributed by atoms with E-state index in [2.05, 4.69) is 11.8 Å². The topological polar surface area (TPSA) is 62.2 Å². The second-order valence-electron chi connectivity index (χ2n) is 8.19. The predicted octanol–water partition coefficient (Wildman–Crippen LogP) is 6.07. The van der Waals surface area contributed by atoms with E-state index in [9.17, 15) is 0 Å². The molecule has 3 aromatic rings. The van der Waals surface area contributed by atoms with Gasteiger partial charge in [0, 0.05) is 18.8 Å². The van der Waals surface area contributed by atoms with Crippen LogP contribution in [-0.2, 0) is 0 Å². The Morgan fingerprint density at radius 3 is 2.35 bits per heavy atom. The average Bonchev–Trinajstić information content (AvgIpc) is 3.34. The number of para-hydroxylation sites is 2. The summed E-state index contributed by atoms with van der Waals surface area (Å²) in [6, 6.07) is 24.0. The Hall–Kier alpha value is -2.83. The normalized spacial score (nSPS) is 16.7. The standard InChI is InChI=1S/C14H21NO.C8H8O2S.C6H6O/c1-2-13-8-9-15(12-13)10-11-16-14-6-4-3-5-7-14;9-6-1-2-7-8(5-6)11-4-3-10-7;7-6-4-2-1-3-5-6/h3-7,13H,2,8-12H2,1H3;1-2,5,9H,3-4H2;1-5,7H/t13-;;/m0../s1. The molecular weight excluding hydrogens is 446 g/mol. The molecule has 1 saturated heterocycles. The number of phenols is 2. The average molecular weight is 482 g/mol. The molecule has 2 N–H and O–H groups in total. The molecule has 182 valence electrons. The van der Waals surface area contributed by atoms with Crippen molar-refractivity contribution in [1.82, 2.24) is 4.90 Å². The minimum Gasteiger partial charge on any atom is -0.508 e. The van der Waals surface area contributed by atoms with Gasteiger partial charge in [-0.15, -0.1) is 11.8 Å². The lowest BCUT2D eigenvalue weighted by atomic mass is 10.1. The quantitative estimate of drug-likeness (QED) is 0.461. The summed E-state index contributed by atoms with van der Waals surface area (Å²) in [6.45, 7) is 7.42. The van der Waals surface area contributed by atoms with E-state index < -0.39 is 0 Å². The molecular formula is C28H35NO4S. The third-order valence-electron chi connectivity index (χ3n) is 5.65. The summed E-state index contributed by atoms with van der Waals surface area (Å²) < 4.78 is 11.0. The van der Waals surface area contributed by atoms with Crippen LogP contribution in [0, 0.1) is 5.92 Å². The summed E-state index contributed by atoms with van der Waals surface area (Å²) in [5.41, 5.74) is 0. The van der Waals surface area contributed by atoms with Crippen LogP contribution in [0.4, 0.5) is 0 Å². The van der Waals surface area contributed by atoms with Gasteiger partial charge in [-0.1, -0.05) is 49.7 Å². The summed E-state index contributed by atoms with van der Waals surface area (Å²) in [6.07, 6.45) is 2.68. The SMILES string of the molecule is CC[C@H]1CCN(CCOc2ccccc2)C1.Oc1ccc2c(c1)SCCO2.Oc1ccccc1. The Labute approximate surface area is 207 Å². The van der Waals surface area contributed by atoms with E-state index in [-0.39, 0.29) is 0 Å². The molecule has 2 heterocycles. The minimum absolute atomic E-state index is 0.307. The number of rotatable bonds is 5. The Morgan fingerprint density at radius 1 is 0.971 bits per heavy atom. The van der Waals surface area contributed by atoms with Gasteiger partial charge in [0.15, 0.2) is 0 Å². The number of hydrogen-bond acceptors (Lipinski definition) is 6. The first-order valence-corrected chi connectivity index (χ1v) is 12.9. The van der Waals surface area contributed by atoms with Crippen molar-refractivity contribution in [2.45, 2.75) is 24.7 Å². The van der Waals surface area contributed by atoms with Crippen molar-refractivity contribution < 1.29 is 19.7 Å². The number of benzene rings is 3. The maximum atomic E-state index is 9.12. The number of likely N-dealkylation sites (tertiary alicyclic amines) is 1. The first kappa shape index (κ1) is 25.8. The summed E-state index contributed by atoms with van der Waals surface area (Å²) in [5, 5.41) is 17.8. The van der Waals surface area contributed by atoms with Crippen molar-refractivity contribution in [1.29, 1.82) is 0 Å². The van der Waals surface area contributed by atoms with Crippen LogP contribution in [0.2, 0.25) is 0 Å². The van der Waals surface area contributed by atoms with Gasteiger partial charge in [-0.3, -0.25) is 4.90 Å². The first-order valence-electron chi connectivity index (χ1n) is 11.9. The maximum absolute atomic E-state index is 9.12. The third-order valence-corrected chi connectivity index (χ3v) is 6.65. The number of nitrogens with zero attached hydrogens (tertiary/aromatic N) is 1. The lowest BCUT2D eigenvalue weighted by molar-refractivity contribution is 0.232. The molecule has 2 aliphatic heterocycles. The van der Waals surface area contributed by atoms with Gasteiger partial charge >= 0.3 is 0 Å². The molecule has 2 aliphatic rings.